The minimum absolute atomic E-state index is 0.191. The van der Waals surface area contributed by atoms with Crippen molar-refractivity contribution in [1.82, 2.24) is 14.9 Å². The lowest BCUT2D eigenvalue weighted by Gasteiger charge is -2.31. The molecule has 7 nitrogen and oxygen atoms in total. The molecule has 3 rings (SSSR count). The van der Waals surface area contributed by atoms with E-state index in [1.54, 1.807) is 24.0 Å². The molecule has 0 spiro atoms. The van der Waals surface area contributed by atoms with Crippen LogP contribution < -0.4 is 10.6 Å². The number of nitrogens with zero attached hydrogens (tertiary/aromatic N) is 3. The van der Waals surface area contributed by atoms with Gasteiger partial charge in [0.2, 0.25) is 5.95 Å². The first-order valence-electron chi connectivity index (χ1n) is 9.10. The molecule has 1 aliphatic rings. The zero-order valence-corrected chi connectivity index (χ0v) is 15.5. The number of amides is 1. The number of anilines is 3. The summed E-state index contributed by atoms with van der Waals surface area (Å²) < 4.78 is 18.1. The van der Waals surface area contributed by atoms with E-state index < -0.39 is 0 Å². The highest BCUT2D eigenvalue weighted by atomic mass is 19.1. The smallest absolute Gasteiger partial charge is 0.409 e. The number of benzene rings is 1. The van der Waals surface area contributed by atoms with E-state index in [1.807, 2.05) is 13.0 Å². The van der Waals surface area contributed by atoms with Crippen LogP contribution >= 0.6 is 0 Å². The van der Waals surface area contributed by atoms with E-state index >= 15 is 0 Å². The average Bonchev–Trinajstić information content (AvgIpc) is 2.64. The molecule has 144 valence electrons. The molecule has 0 saturated carbocycles. The fraction of sp³-hybridized carbons (Fsp3) is 0.421. The molecule has 2 heterocycles. The van der Waals surface area contributed by atoms with Gasteiger partial charge in [-0.05, 0) is 51.0 Å². The molecule has 2 aromatic rings. The quantitative estimate of drug-likeness (QED) is 0.832. The maximum Gasteiger partial charge on any atom is 0.409 e. The standard InChI is InChI=1S/C19H24FN5O2/c1-3-27-19(26)25-10-8-16(9-11-25)23-18-21-13(2)12-17(24-18)22-15-6-4-14(20)5-7-15/h4-7,12,16H,3,8-11H2,1-2H3,(H2,21,22,23,24). The number of piperidine rings is 1. The molecule has 0 atom stereocenters. The summed E-state index contributed by atoms with van der Waals surface area (Å²) in [5, 5.41) is 6.51. The van der Waals surface area contributed by atoms with E-state index in [0.717, 1.165) is 24.2 Å². The van der Waals surface area contributed by atoms with E-state index in [9.17, 15) is 9.18 Å². The van der Waals surface area contributed by atoms with Crippen molar-refractivity contribution < 1.29 is 13.9 Å². The molecule has 2 N–H and O–H groups in total. The van der Waals surface area contributed by atoms with Crippen LogP contribution in [-0.2, 0) is 4.74 Å². The second-order valence-electron chi connectivity index (χ2n) is 6.45. The van der Waals surface area contributed by atoms with Gasteiger partial charge in [0.1, 0.15) is 11.6 Å². The summed E-state index contributed by atoms with van der Waals surface area (Å²) in [7, 11) is 0. The first-order valence-corrected chi connectivity index (χ1v) is 9.10. The van der Waals surface area contributed by atoms with Gasteiger partial charge < -0.3 is 20.3 Å². The van der Waals surface area contributed by atoms with Crippen LogP contribution in [0, 0.1) is 12.7 Å². The minimum Gasteiger partial charge on any atom is -0.450 e. The number of ether oxygens (including phenoxy) is 1. The fourth-order valence-electron chi connectivity index (χ4n) is 2.98. The number of carbonyl (C=O) groups is 1. The highest BCUT2D eigenvalue weighted by molar-refractivity contribution is 5.67. The maximum atomic E-state index is 13.0. The first kappa shape index (κ1) is 18.9. The average molecular weight is 373 g/mol. The number of halogens is 1. The summed E-state index contributed by atoms with van der Waals surface area (Å²) in [5.41, 5.74) is 1.57. The molecule has 1 aromatic carbocycles. The molecular weight excluding hydrogens is 349 g/mol. The van der Waals surface area contributed by atoms with E-state index in [2.05, 4.69) is 20.6 Å². The van der Waals surface area contributed by atoms with Crippen LogP contribution in [-0.4, -0.2) is 46.7 Å². The molecule has 0 bridgehead atoms. The summed E-state index contributed by atoms with van der Waals surface area (Å²) in [6, 6.07) is 8.13. The molecule has 27 heavy (non-hydrogen) atoms. The van der Waals surface area contributed by atoms with Crippen LogP contribution in [0.4, 0.5) is 26.6 Å². The predicted molar refractivity (Wildman–Crippen MR) is 102 cm³/mol. The van der Waals surface area contributed by atoms with E-state index in [1.165, 1.54) is 12.1 Å². The summed E-state index contributed by atoms with van der Waals surface area (Å²) in [6.07, 6.45) is 1.35. The Balaban J connectivity index is 1.60. The molecule has 0 aliphatic carbocycles. The Kier molecular flexibility index (Phi) is 6.05. The highest BCUT2D eigenvalue weighted by Gasteiger charge is 2.24. The largest absolute Gasteiger partial charge is 0.450 e. The van der Waals surface area contributed by atoms with Crippen molar-refractivity contribution in [2.75, 3.05) is 30.3 Å². The van der Waals surface area contributed by atoms with Crippen LogP contribution in [0.5, 0.6) is 0 Å². The van der Waals surface area contributed by atoms with Gasteiger partial charge in [-0.15, -0.1) is 0 Å². The molecule has 1 saturated heterocycles. The molecule has 1 aliphatic heterocycles. The van der Waals surface area contributed by atoms with Crippen LogP contribution in [0.1, 0.15) is 25.5 Å². The summed E-state index contributed by atoms with van der Waals surface area (Å²) in [4.78, 5) is 22.4. The Morgan fingerprint density at radius 1 is 1.26 bits per heavy atom. The number of likely N-dealkylation sites (tertiary alicyclic amines) is 1. The van der Waals surface area contributed by atoms with Gasteiger partial charge in [-0.1, -0.05) is 0 Å². The van der Waals surface area contributed by atoms with Crippen molar-refractivity contribution >= 4 is 23.5 Å². The number of hydrogen-bond donors (Lipinski definition) is 2. The molecule has 1 amide bonds. The zero-order chi connectivity index (χ0) is 19.2. The number of carbonyl (C=O) groups excluding carboxylic acids is 1. The Labute approximate surface area is 158 Å². The number of nitrogens with one attached hydrogen (secondary N) is 2. The van der Waals surface area contributed by atoms with Crippen LogP contribution in [0.2, 0.25) is 0 Å². The van der Waals surface area contributed by atoms with Gasteiger partial charge in [0.05, 0.1) is 6.61 Å². The second-order valence-corrected chi connectivity index (χ2v) is 6.45. The van der Waals surface area contributed by atoms with E-state index in [0.29, 0.717) is 31.5 Å². The highest BCUT2D eigenvalue weighted by Crippen LogP contribution is 2.19. The summed E-state index contributed by atoms with van der Waals surface area (Å²) in [5.74, 6) is 0.894. The third-order valence-electron chi connectivity index (χ3n) is 4.33. The molecule has 0 radical (unpaired) electrons. The lowest BCUT2D eigenvalue weighted by Crippen LogP contribution is -2.42. The van der Waals surface area contributed by atoms with Crippen LogP contribution in [0.3, 0.4) is 0 Å². The Bertz CT molecular complexity index is 776. The molecule has 0 unspecified atom stereocenters. The van der Waals surface area contributed by atoms with Crippen molar-refractivity contribution in [1.29, 1.82) is 0 Å². The van der Waals surface area contributed by atoms with Crippen molar-refractivity contribution in [3.63, 3.8) is 0 Å². The lowest BCUT2D eigenvalue weighted by atomic mass is 10.1. The topological polar surface area (TPSA) is 79.4 Å². The van der Waals surface area contributed by atoms with Gasteiger partial charge in [0, 0.05) is 36.6 Å². The van der Waals surface area contributed by atoms with E-state index in [-0.39, 0.29) is 18.0 Å². The maximum absolute atomic E-state index is 13.0. The Hall–Kier alpha value is -2.90. The van der Waals surface area contributed by atoms with Gasteiger partial charge in [0.15, 0.2) is 0 Å². The number of aryl methyl sites for hydroxylation is 1. The fourth-order valence-corrected chi connectivity index (χ4v) is 2.98. The Morgan fingerprint density at radius 3 is 2.63 bits per heavy atom. The summed E-state index contributed by atoms with van der Waals surface area (Å²) >= 11 is 0. The van der Waals surface area contributed by atoms with Crippen LogP contribution in [0.15, 0.2) is 30.3 Å². The van der Waals surface area contributed by atoms with Gasteiger partial charge in [-0.3, -0.25) is 0 Å². The van der Waals surface area contributed by atoms with Gasteiger partial charge in [-0.2, -0.15) is 4.98 Å². The predicted octanol–water partition coefficient (Wildman–Crippen LogP) is 3.70. The normalized spacial score (nSPS) is 14.7. The van der Waals surface area contributed by atoms with Gasteiger partial charge >= 0.3 is 6.09 Å². The minimum atomic E-state index is -0.282. The van der Waals surface area contributed by atoms with Gasteiger partial charge in [0.25, 0.3) is 0 Å². The van der Waals surface area contributed by atoms with Crippen molar-refractivity contribution in [2.24, 2.45) is 0 Å². The number of rotatable bonds is 5. The lowest BCUT2D eigenvalue weighted by molar-refractivity contribution is 0.0983. The summed E-state index contributed by atoms with van der Waals surface area (Å²) in [6.45, 7) is 5.37. The molecule has 8 heteroatoms. The number of aromatic nitrogens is 2. The second kappa shape index (κ2) is 8.66. The zero-order valence-electron chi connectivity index (χ0n) is 15.5. The monoisotopic (exact) mass is 373 g/mol. The van der Waals surface area contributed by atoms with Crippen molar-refractivity contribution in [3.05, 3.63) is 41.8 Å². The molecular formula is C19H24FN5O2. The molecule has 1 fully saturated rings. The SMILES string of the molecule is CCOC(=O)N1CCC(Nc2nc(C)cc(Nc3ccc(F)cc3)n2)CC1. The van der Waals surface area contributed by atoms with Crippen LogP contribution in [0.25, 0.3) is 0 Å². The van der Waals surface area contributed by atoms with Crippen molar-refractivity contribution in [3.8, 4) is 0 Å². The van der Waals surface area contributed by atoms with E-state index in [4.69, 9.17) is 4.74 Å². The number of hydrogen-bond acceptors (Lipinski definition) is 6. The third kappa shape index (κ3) is 5.29. The first-order chi connectivity index (χ1) is 13.0. The Morgan fingerprint density at radius 2 is 1.96 bits per heavy atom. The third-order valence-corrected chi connectivity index (χ3v) is 4.33. The molecule has 1 aromatic heterocycles. The van der Waals surface area contributed by atoms with Crippen molar-refractivity contribution in [2.45, 2.75) is 32.7 Å². The van der Waals surface area contributed by atoms with Gasteiger partial charge in [-0.25, -0.2) is 14.2 Å².